The van der Waals surface area contributed by atoms with Crippen LogP contribution in [0.4, 0.5) is 0 Å². The molecule has 0 bridgehead atoms. The first kappa shape index (κ1) is 13.9. The summed E-state index contributed by atoms with van der Waals surface area (Å²) in [5, 5.41) is 1.02. The highest BCUT2D eigenvalue weighted by Gasteiger charge is 2.40. The monoisotopic (exact) mass is 283 g/mol. The van der Waals surface area contributed by atoms with Crippen LogP contribution in [0.1, 0.15) is 42.7 Å². The molecule has 0 fully saturated rings. The van der Waals surface area contributed by atoms with Crippen LogP contribution < -0.4 is 0 Å². The lowest BCUT2D eigenvalue weighted by Gasteiger charge is -2.29. The van der Waals surface area contributed by atoms with E-state index in [4.69, 9.17) is 4.74 Å². The second-order valence-electron chi connectivity index (χ2n) is 6.01. The Balaban J connectivity index is 2.36. The van der Waals surface area contributed by atoms with Crippen LogP contribution >= 0.6 is 0 Å². The standard InChI is InChI=1S/C18H21NO2/c1-5-10-18(2)11-14(21-4)16-15(17(18)20)12-8-6-7-9-13(12)19(16)3/h6-9,11H,5,10H2,1-4H3. The molecule has 0 saturated heterocycles. The molecule has 0 aliphatic heterocycles. The third kappa shape index (κ3) is 1.84. The van der Waals surface area contributed by atoms with Crippen molar-refractivity contribution in [2.75, 3.05) is 7.11 Å². The molecule has 0 radical (unpaired) electrons. The van der Waals surface area contributed by atoms with E-state index in [9.17, 15) is 4.79 Å². The number of ether oxygens (including phenoxy) is 1. The number of hydrogen-bond acceptors (Lipinski definition) is 2. The van der Waals surface area contributed by atoms with Gasteiger partial charge in [0.2, 0.25) is 0 Å². The van der Waals surface area contributed by atoms with Gasteiger partial charge in [0.05, 0.1) is 23.8 Å². The second-order valence-corrected chi connectivity index (χ2v) is 6.01. The number of fused-ring (bicyclic) bond motifs is 3. The predicted molar refractivity (Wildman–Crippen MR) is 85.3 cm³/mol. The number of hydrogen-bond donors (Lipinski definition) is 0. The molecule has 1 aromatic heterocycles. The summed E-state index contributed by atoms with van der Waals surface area (Å²) in [7, 11) is 3.67. The van der Waals surface area contributed by atoms with Crippen LogP contribution in [0.15, 0.2) is 30.3 Å². The fraction of sp³-hybridized carbons (Fsp3) is 0.389. The summed E-state index contributed by atoms with van der Waals surface area (Å²) in [5.74, 6) is 1.01. The topological polar surface area (TPSA) is 31.2 Å². The van der Waals surface area contributed by atoms with Gasteiger partial charge in [0.25, 0.3) is 0 Å². The molecule has 110 valence electrons. The van der Waals surface area contributed by atoms with Crippen LogP contribution in [0, 0.1) is 5.41 Å². The van der Waals surface area contributed by atoms with Crippen molar-refractivity contribution in [3.8, 4) is 0 Å². The highest BCUT2D eigenvalue weighted by molar-refractivity contribution is 6.16. The largest absolute Gasteiger partial charge is 0.495 e. The number of carbonyl (C=O) groups is 1. The van der Waals surface area contributed by atoms with E-state index >= 15 is 0 Å². The number of benzene rings is 1. The maximum Gasteiger partial charge on any atom is 0.175 e. The second kappa shape index (κ2) is 4.76. The zero-order valence-corrected chi connectivity index (χ0v) is 13.1. The van der Waals surface area contributed by atoms with E-state index in [0.29, 0.717) is 0 Å². The highest BCUT2D eigenvalue weighted by Crippen LogP contribution is 2.43. The van der Waals surface area contributed by atoms with Gasteiger partial charge < -0.3 is 9.30 Å². The maximum atomic E-state index is 13.1. The van der Waals surface area contributed by atoms with Crippen molar-refractivity contribution >= 4 is 22.4 Å². The van der Waals surface area contributed by atoms with Crippen molar-refractivity contribution in [1.82, 2.24) is 4.57 Å². The Hall–Kier alpha value is -2.03. The van der Waals surface area contributed by atoms with Crippen molar-refractivity contribution in [2.45, 2.75) is 26.7 Å². The SMILES string of the molecule is CCCC1(C)C=C(OC)c2c(c3ccccc3n2C)C1=O. The van der Waals surface area contributed by atoms with Gasteiger partial charge in [-0.3, -0.25) is 4.79 Å². The number of aromatic nitrogens is 1. The average Bonchev–Trinajstić information content (AvgIpc) is 2.78. The Morgan fingerprint density at radius 2 is 2.00 bits per heavy atom. The number of methoxy groups -OCH3 is 1. The van der Waals surface area contributed by atoms with E-state index in [-0.39, 0.29) is 5.78 Å². The number of para-hydroxylation sites is 1. The van der Waals surface area contributed by atoms with Gasteiger partial charge in [0.1, 0.15) is 5.76 Å². The van der Waals surface area contributed by atoms with Crippen LogP contribution in [-0.2, 0) is 11.8 Å². The zero-order valence-electron chi connectivity index (χ0n) is 13.1. The fourth-order valence-electron chi connectivity index (χ4n) is 3.48. The molecule has 1 heterocycles. The number of rotatable bonds is 3. The van der Waals surface area contributed by atoms with Gasteiger partial charge in [-0.2, -0.15) is 0 Å². The quantitative estimate of drug-likeness (QED) is 0.846. The smallest absolute Gasteiger partial charge is 0.175 e. The summed E-state index contributed by atoms with van der Waals surface area (Å²) in [4.78, 5) is 13.1. The molecule has 1 aliphatic rings. The Bertz CT molecular complexity index is 754. The molecule has 1 aromatic carbocycles. The number of Topliss-reactive ketones (excluding diaryl/α,β-unsaturated/α-hetero) is 1. The zero-order chi connectivity index (χ0) is 15.2. The first-order chi connectivity index (χ1) is 10.0. The van der Waals surface area contributed by atoms with Crippen LogP contribution in [0.5, 0.6) is 0 Å². The molecular formula is C18H21NO2. The Morgan fingerprint density at radius 3 is 2.67 bits per heavy atom. The molecule has 3 rings (SSSR count). The number of carbonyl (C=O) groups excluding carboxylic acids is 1. The van der Waals surface area contributed by atoms with E-state index in [0.717, 1.165) is 40.8 Å². The summed E-state index contributed by atoms with van der Waals surface area (Å²) < 4.78 is 7.67. The molecule has 1 unspecified atom stereocenters. The normalized spacial score (nSPS) is 21.3. The van der Waals surface area contributed by atoms with E-state index in [1.54, 1.807) is 7.11 Å². The first-order valence-corrected chi connectivity index (χ1v) is 7.43. The third-order valence-electron chi connectivity index (χ3n) is 4.53. The van der Waals surface area contributed by atoms with Gasteiger partial charge in [-0.15, -0.1) is 0 Å². The molecule has 1 atom stereocenters. The van der Waals surface area contributed by atoms with Gasteiger partial charge in [-0.1, -0.05) is 31.5 Å². The van der Waals surface area contributed by atoms with Crippen LogP contribution in [0.2, 0.25) is 0 Å². The van der Waals surface area contributed by atoms with Gasteiger partial charge in [0.15, 0.2) is 5.78 Å². The number of ketones is 1. The molecule has 2 aromatic rings. The van der Waals surface area contributed by atoms with E-state index < -0.39 is 5.41 Å². The maximum absolute atomic E-state index is 13.1. The Labute approximate surface area is 125 Å². The first-order valence-electron chi connectivity index (χ1n) is 7.43. The molecular weight excluding hydrogens is 262 g/mol. The van der Waals surface area contributed by atoms with Gasteiger partial charge in [-0.25, -0.2) is 0 Å². The van der Waals surface area contributed by atoms with E-state index in [2.05, 4.69) is 11.5 Å². The summed E-state index contributed by atoms with van der Waals surface area (Å²) in [6.07, 6.45) is 3.80. The van der Waals surface area contributed by atoms with Crippen LogP contribution in [0.3, 0.4) is 0 Å². The predicted octanol–water partition coefficient (Wildman–Crippen LogP) is 4.17. The summed E-state index contributed by atoms with van der Waals surface area (Å²) in [6, 6.07) is 8.06. The molecule has 3 nitrogen and oxygen atoms in total. The van der Waals surface area contributed by atoms with Crippen molar-refractivity contribution in [3.05, 3.63) is 41.6 Å². The minimum atomic E-state index is -0.475. The molecule has 0 spiro atoms. The Morgan fingerprint density at radius 1 is 1.29 bits per heavy atom. The molecule has 21 heavy (non-hydrogen) atoms. The molecule has 1 aliphatic carbocycles. The molecule has 0 amide bonds. The number of aryl methyl sites for hydroxylation is 1. The highest BCUT2D eigenvalue weighted by atomic mass is 16.5. The summed E-state index contributed by atoms with van der Waals surface area (Å²) in [6.45, 7) is 4.13. The minimum absolute atomic E-state index is 0.206. The third-order valence-corrected chi connectivity index (χ3v) is 4.53. The molecule has 0 N–H and O–H groups in total. The van der Waals surface area contributed by atoms with Crippen molar-refractivity contribution in [2.24, 2.45) is 12.5 Å². The van der Waals surface area contributed by atoms with Crippen molar-refractivity contribution in [1.29, 1.82) is 0 Å². The molecule has 3 heteroatoms. The van der Waals surface area contributed by atoms with E-state index in [1.165, 1.54) is 0 Å². The van der Waals surface area contributed by atoms with Gasteiger partial charge >= 0.3 is 0 Å². The lowest BCUT2D eigenvalue weighted by Crippen LogP contribution is -2.30. The van der Waals surface area contributed by atoms with Crippen LogP contribution in [-0.4, -0.2) is 17.5 Å². The minimum Gasteiger partial charge on any atom is -0.495 e. The lowest BCUT2D eigenvalue weighted by molar-refractivity contribution is 0.0852. The van der Waals surface area contributed by atoms with Crippen molar-refractivity contribution in [3.63, 3.8) is 0 Å². The molecule has 0 saturated carbocycles. The van der Waals surface area contributed by atoms with Gasteiger partial charge in [-0.05, 0) is 25.5 Å². The summed E-state index contributed by atoms with van der Waals surface area (Å²) in [5.41, 5.74) is 2.30. The fourth-order valence-corrected chi connectivity index (χ4v) is 3.48. The van der Waals surface area contributed by atoms with E-state index in [1.807, 2.05) is 44.3 Å². The van der Waals surface area contributed by atoms with Crippen LogP contribution in [0.25, 0.3) is 16.7 Å². The van der Waals surface area contributed by atoms with Gasteiger partial charge in [0, 0.05) is 18.0 Å². The number of allylic oxidation sites excluding steroid dienone is 1. The summed E-state index contributed by atoms with van der Waals surface area (Å²) >= 11 is 0. The van der Waals surface area contributed by atoms with Crippen molar-refractivity contribution < 1.29 is 9.53 Å². The Kier molecular flexibility index (Phi) is 3.16. The lowest BCUT2D eigenvalue weighted by atomic mass is 9.74. The number of nitrogens with zero attached hydrogens (tertiary/aromatic N) is 1. The average molecular weight is 283 g/mol.